The van der Waals surface area contributed by atoms with E-state index in [-0.39, 0.29) is 17.3 Å². The zero-order chi connectivity index (χ0) is 12.5. The first kappa shape index (κ1) is 12.0. The lowest BCUT2D eigenvalue weighted by molar-refractivity contribution is -0.0375. The van der Waals surface area contributed by atoms with Crippen molar-refractivity contribution in [3.8, 4) is 0 Å². The van der Waals surface area contributed by atoms with Crippen molar-refractivity contribution < 1.29 is 9.53 Å². The van der Waals surface area contributed by atoms with Gasteiger partial charge in [0.1, 0.15) is 5.82 Å². The summed E-state index contributed by atoms with van der Waals surface area (Å²) in [6.07, 6.45) is 0.743. The second kappa shape index (κ2) is 4.44. The molecule has 6 heteroatoms. The van der Waals surface area contributed by atoms with Crippen LogP contribution >= 0.6 is 0 Å². The van der Waals surface area contributed by atoms with E-state index in [1.807, 2.05) is 20.8 Å². The van der Waals surface area contributed by atoms with E-state index in [1.54, 1.807) is 4.90 Å². The van der Waals surface area contributed by atoms with Crippen LogP contribution in [0.1, 0.15) is 37.2 Å². The summed E-state index contributed by atoms with van der Waals surface area (Å²) in [5.74, 6) is 0.852. The van der Waals surface area contributed by atoms with Gasteiger partial charge in [0.15, 0.2) is 0 Å². The lowest BCUT2D eigenvalue weighted by atomic mass is 10.0. The molecule has 6 nitrogen and oxygen atoms in total. The number of amides is 1. The molecule has 1 saturated heterocycles. The van der Waals surface area contributed by atoms with Gasteiger partial charge in [-0.3, -0.25) is 9.89 Å². The molecule has 1 N–H and O–H groups in total. The highest BCUT2D eigenvalue weighted by Crippen LogP contribution is 2.20. The summed E-state index contributed by atoms with van der Waals surface area (Å²) in [7, 11) is 0. The minimum atomic E-state index is -0.303. The fourth-order valence-corrected chi connectivity index (χ4v) is 1.90. The van der Waals surface area contributed by atoms with Gasteiger partial charge in [0.25, 0.3) is 5.91 Å². The van der Waals surface area contributed by atoms with Crippen molar-refractivity contribution in [2.24, 2.45) is 0 Å². The van der Waals surface area contributed by atoms with E-state index in [0.29, 0.717) is 19.8 Å². The topological polar surface area (TPSA) is 71.1 Å². The molecule has 94 valence electrons. The number of nitrogens with one attached hydrogen (secondary N) is 1. The number of carbonyl (C=O) groups excluding carboxylic acids is 1. The predicted octanol–water partition coefficient (Wildman–Crippen LogP) is 0.618. The maximum atomic E-state index is 12.3. The molecule has 1 aliphatic rings. The first-order valence-corrected chi connectivity index (χ1v) is 5.85. The summed E-state index contributed by atoms with van der Waals surface area (Å²) >= 11 is 0. The number of hydrogen-bond donors (Lipinski definition) is 1. The molecule has 0 spiro atoms. The van der Waals surface area contributed by atoms with Crippen LogP contribution in [0.4, 0.5) is 0 Å². The molecule has 1 fully saturated rings. The number of aryl methyl sites for hydroxylation is 1. The summed E-state index contributed by atoms with van der Waals surface area (Å²) < 4.78 is 5.38. The van der Waals surface area contributed by atoms with Crippen molar-refractivity contribution in [1.82, 2.24) is 20.1 Å². The van der Waals surface area contributed by atoms with Crippen molar-refractivity contribution >= 4 is 5.91 Å². The van der Waals surface area contributed by atoms with Gasteiger partial charge in [-0.05, 0) is 13.8 Å². The van der Waals surface area contributed by atoms with E-state index in [1.165, 1.54) is 0 Å². The molecule has 1 amide bonds. The molecule has 0 unspecified atom stereocenters. The smallest absolute Gasteiger partial charge is 0.294 e. The van der Waals surface area contributed by atoms with E-state index in [0.717, 1.165) is 12.2 Å². The van der Waals surface area contributed by atoms with Crippen LogP contribution in [0.5, 0.6) is 0 Å². The van der Waals surface area contributed by atoms with E-state index >= 15 is 0 Å². The Kier molecular flexibility index (Phi) is 3.15. The van der Waals surface area contributed by atoms with Crippen LogP contribution in [-0.4, -0.2) is 51.3 Å². The summed E-state index contributed by atoms with van der Waals surface area (Å²) in [6, 6.07) is 0. The van der Waals surface area contributed by atoms with Crippen LogP contribution in [0.15, 0.2) is 0 Å². The zero-order valence-electron chi connectivity index (χ0n) is 10.5. The predicted molar refractivity (Wildman–Crippen MR) is 61.7 cm³/mol. The number of hydrogen-bond acceptors (Lipinski definition) is 4. The number of aromatic amines is 1. The van der Waals surface area contributed by atoms with Gasteiger partial charge in [-0.1, -0.05) is 6.92 Å². The average Bonchev–Trinajstić information content (AvgIpc) is 2.76. The highest BCUT2D eigenvalue weighted by atomic mass is 16.5. The van der Waals surface area contributed by atoms with Crippen LogP contribution in [0.3, 0.4) is 0 Å². The van der Waals surface area contributed by atoms with Crippen LogP contribution in [0, 0.1) is 0 Å². The van der Waals surface area contributed by atoms with Gasteiger partial charge in [-0.15, -0.1) is 5.10 Å². The number of aromatic nitrogens is 3. The first-order valence-electron chi connectivity index (χ1n) is 5.85. The highest BCUT2D eigenvalue weighted by Gasteiger charge is 2.36. The molecule has 0 aromatic carbocycles. The molecule has 1 aromatic heterocycles. The van der Waals surface area contributed by atoms with Crippen LogP contribution in [0.25, 0.3) is 0 Å². The van der Waals surface area contributed by atoms with Crippen molar-refractivity contribution in [1.29, 1.82) is 0 Å². The summed E-state index contributed by atoms with van der Waals surface area (Å²) in [5.41, 5.74) is -0.303. The Morgan fingerprint density at radius 2 is 2.35 bits per heavy atom. The standard InChI is InChI=1S/C11H18N4O2/c1-4-8-12-9(14-13-8)10(16)15-5-6-17-7-11(15,2)3/h4-7H2,1-3H3,(H,12,13,14). The minimum absolute atomic E-state index is 0.130. The number of H-pyrrole nitrogens is 1. The second-order valence-corrected chi connectivity index (χ2v) is 4.78. The molecule has 2 rings (SSSR count). The monoisotopic (exact) mass is 238 g/mol. The van der Waals surface area contributed by atoms with Crippen molar-refractivity contribution in [3.05, 3.63) is 11.6 Å². The van der Waals surface area contributed by atoms with Gasteiger partial charge in [0.2, 0.25) is 5.82 Å². The molecule has 0 radical (unpaired) electrons. The number of rotatable bonds is 2. The third kappa shape index (κ3) is 2.31. The molecule has 1 aliphatic heterocycles. The lowest BCUT2D eigenvalue weighted by Crippen LogP contribution is -2.55. The van der Waals surface area contributed by atoms with Crippen LogP contribution in [-0.2, 0) is 11.2 Å². The van der Waals surface area contributed by atoms with Gasteiger partial charge in [0, 0.05) is 13.0 Å². The molecule has 0 bridgehead atoms. The average molecular weight is 238 g/mol. The third-order valence-electron chi connectivity index (χ3n) is 2.95. The highest BCUT2D eigenvalue weighted by molar-refractivity contribution is 5.91. The molecule has 0 saturated carbocycles. The fraction of sp³-hybridized carbons (Fsp3) is 0.727. The van der Waals surface area contributed by atoms with Gasteiger partial charge in [-0.2, -0.15) is 0 Å². The molecule has 1 aromatic rings. The maximum Gasteiger partial charge on any atom is 0.294 e. The van der Waals surface area contributed by atoms with Crippen LogP contribution in [0.2, 0.25) is 0 Å². The summed E-state index contributed by atoms with van der Waals surface area (Å²) in [5, 5.41) is 6.72. The summed E-state index contributed by atoms with van der Waals surface area (Å²) in [6.45, 7) is 7.63. The zero-order valence-corrected chi connectivity index (χ0v) is 10.5. The van der Waals surface area contributed by atoms with Gasteiger partial charge in [0.05, 0.1) is 18.8 Å². The molecule has 0 aliphatic carbocycles. The molecular weight excluding hydrogens is 220 g/mol. The second-order valence-electron chi connectivity index (χ2n) is 4.78. The molecule has 17 heavy (non-hydrogen) atoms. The minimum Gasteiger partial charge on any atom is -0.377 e. The number of carbonyl (C=O) groups is 1. The van der Waals surface area contributed by atoms with Gasteiger partial charge < -0.3 is 9.64 Å². The molecule has 2 heterocycles. The Morgan fingerprint density at radius 1 is 1.59 bits per heavy atom. The maximum absolute atomic E-state index is 12.3. The van der Waals surface area contributed by atoms with E-state index < -0.39 is 0 Å². The number of ether oxygens (including phenoxy) is 1. The first-order chi connectivity index (χ1) is 8.04. The van der Waals surface area contributed by atoms with Crippen molar-refractivity contribution in [2.75, 3.05) is 19.8 Å². The van der Waals surface area contributed by atoms with Gasteiger partial charge >= 0.3 is 0 Å². The number of morpholine rings is 1. The Morgan fingerprint density at radius 3 is 2.94 bits per heavy atom. The fourth-order valence-electron chi connectivity index (χ4n) is 1.90. The number of nitrogens with zero attached hydrogens (tertiary/aromatic N) is 3. The SMILES string of the molecule is CCc1nc(C(=O)N2CCOCC2(C)C)n[nH]1. The van der Waals surface area contributed by atoms with E-state index in [9.17, 15) is 4.79 Å². The molecule has 0 atom stereocenters. The Labute approximate surface area is 100 Å². The lowest BCUT2D eigenvalue weighted by Gasteiger charge is -2.41. The Bertz CT molecular complexity index is 413. The van der Waals surface area contributed by atoms with Crippen molar-refractivity contribution in [3.63, 3.8) is 0 Å². The molecular formula is C11H18N4O2. The van der Waals surface area contributed by atoms with E-state index in [2.05, 4.69) is 15.2 Å². The van der Waals surface area contributed by atoms with E-state index in [4.69, 9.17) is 4.74 Å². The van der Waals surface area contributed by atoms with Crippen molar-refractivity contribution in [2.45, 2.75) is 32.7 Å². The normalized spacial score (nSPS) is 19.4. The quantitative estimate of drug-likeness (QED) is 0.819. The third-order valence-corrected chi connectivity index (χ3v) is 2.95. The van der Waals surface area contributed by atoms with Crippen LogP contribution < -0.4 is 0 Å². The summed E-state index contributed by atoms with van der Waals surface area (Å²) in [4.78, 5) is 18.2. The van der Waals surface area contributed by atoms with Gasteiger partial charge in [-0.25, -0.2) is 4.98 Å². The Balaban J connectivity index is 2.18. The largest absolute Gasteiger partial charge is 0.377 e. The Hall–Kier alpha value is -1.43.